The maximum absolute atomic E-state index is 12.2. The topological polar surface area (TPSA) is 57.9 Å². The molecule has 0 unspecified atom stereocenters. The van der Waals surface area contributed by atoms with E-state index in [4.69, 9.17) is 5.26 Å². The van der Waals surface area contributed by atoms with Crippen LogP contribution in [0.4, 0.5) is 0 Å². The summed E-state index contributed by atoms with van der Waals surface area (Å²) in [6.07, 6.45) is 1.10. The van der Waals surface area contributed by atoms with Crippen LogP contribution >= 0.6 is 0 Å². The minimum atomic E-state index is -3.24. The van der Waals surface area contributed by atoms with Crippen LogP contribution in [0.2, 0.25) is 0 Å². The van der Waals surface area contributed by atoms with Crippen molar-refractivity contribution in [3.8, 4) is 6.07 Å². The van der Waals surface area contributed by atoms with Gasteiger partial charge in [-0.15, -0.1) is 0 Å². The third-order valence-corrected chi connectivity index (χ3v) is 5.24. The average Bonchev–Trinajstić information content (AvgIpc) is 2.38. The van der Waals surface area contributed by atoms with Crippen molar-refractivity contribution in [2.24, 2.45) is 5.41 Å². The lowest BCUT2D eigenvalue weighted by Gasteiger charge is -2.14. The lowest BCUT2D eigenvalue weighted by atomic mass is 9.90. The van der Waals surface area contributed by atoms with E-state index in [0.29, 0.717) is 23.7 Å². The summed E-state index contributed by atoms with van der Waals surface area (Å²) < 4.78 is 24.4. The van der Waals surface area contributed by atoms with Gasteiger partial charge in [0.2, 0.25) is 0 Å². The number of nitrogens with zero attached hydrogens (tertiary/aromatic N) is 1. The van der Waals surface area contributed by atoms with Crippen molar-refractivity contribution < 1.29 is 8.42 Å². The van der Waals surface area contributed by atoms with E-state index in [1.54, 1.807) is 12.1 Å². The molecule has 110 valence electrons. The number of hydrogen-bond donors (Lipinski definition) is 0. The van der Waals surface area contributed by atoms with E-state index >= 15 is 0 Å². The van der Waals surface area contributed by atoms with E-state index in [1.165, 1.54) is 0 Å². The van der Waals surface area contributed by atoms with E-state index in [9.17, 15) is 8.42 Å². The molecule has 0 N–H and O–H groups in total. The van der Waals surface area contributed by atoms with E-state index < -0.39 is 15.3 Å². The molecule has 3 nitrogen and oxygen atoms in total. The summed E-state index contributed by atoms with van der Waals surface area (Å²) in [4.78, 5) is 0.372. The smallest absolute Gasteiger partial charge is 0.178 e. The Morgan fingerprint density at radius 1 is 1.20 bits per heavy atom. The zero-order chi connectivity index (χ0) is 15.4. The summed E-state index contributed by atoms with van der Waals surface area (Å²) in [6.45, 7) is 7.81. The summed E-state index contributed by atoms with van der Waals surface area (Å²) in [5.74, 6) is 0.488. The molecule has 0 atom stereocenters. The highest BCUT2D eigenvalue weighted by Gasteiger charge is 2.20. The number of nitriles is 1. The molecule has 0 heterocycles. The molecule has 1 rings (SSSR count). The van der Waals surface area contributed by atoms with Gasteiger partial charge in [-0.1, -0.05) is 26.0 Å². The number of rotatable bonds is 6. The molecule has 0 aliphatic rings. The second kappa shape index (κ2) is 6.41. The highest BCUT2D eigenvalue weighted by atomic mass is 32.2. The van der Waals surface area contributed by atoms with Gasteiger partial charge in [0.15, 0.2) is 9.84 Å². The molecule has 0 fully saturated rings. The zero-order valence-electron chi connectivity index (χ0n) is 12.7. The Kier molecular flexibility index (Phi) is 5.35. The molecule has 20 heavy (non-hydrogen) atoms. The van der Waals surface area contributed by atoms with Gasteiger partial charge in [0.05, 0.1) is 22.1 Å². The second-order valence-electron chi connectivity index (χ2n) is 6.14. The zero-order valence-corrected chi connectivity index (χ0v) is 13.5. The minimum Gasteiger partial charge on any atom is -0.224 e. The summed E-state index contributed by atoms with van der Waals surface area (Å²) in [6, 6.07) is 9.30. The van der Waals surface area contributed by atoms with Crippen molar-refractivity contribution in [2.45, 2.75) is 51.3 Å². The fraction of sp³-hybridized carbons (Fsp3) is 0.562. The van der Waals surface area contributed by atoms with E-state index in [1.807, 2.05) is 26.0 Å². The van der Waals surface area contributed by atoms with Crippen LogP contribution in [0.5, 0.6) is 0 Å². The van der Waals surface area contributed by atoms with E-state index in [0.717, 1.165) is 5.56 Å². The Morgan fingerprint density at radius 2 is 1.75 bits per heavy atom. The Hall–Kier alpha value is -1.34. The predicted octanol–water partition coefficient (Wildman–Crippen LogP) is 3.91. The SMILES string of the molecule is CC(C)c1ccc(S(=O)(=O)CCCC(C)(C)C#N)cc1. The van der Waals surface area contributed by atoms with Crippen LogP contribution in [0, 0.1) is 16.7 Å². The van der Waals surface area contributed by atoms with Crippen LogP contribution in [0.15, 0.2) is 29.2 Å². The van der Waals surface area contributed by atoms with Gasteiger partial charge in [-0.05, 0) is 50.3 Å². The van der Waals surface area contributed by atoms with Crippen molar-refractivity contribution in [3.63, 3.8) is 0 Å². The van der Waals surface area contributed by atoms with E-state index in [2.05, 4.69) is 19.9 Å². The summed E-state index contributed by atoms with van der Waals surface area (Å²) in [7, 11) is -3.24. The highest BCUT2D eigenvalue weighted by molar-refractivity contribution is 7.91. The van der Waals surface area contributed by atoms with Gasteiger partial charge in [0.25, 0.3) is 0 Å². The monoisotopic (exact) mass is 293 g/mol. The Balaban J connectivity index is 2.72. The first-order valence-electron chi connectivity index (χ1n) is 6.92. The maximum Gasteiger partial charge on any atom is 0.178 e. The molecule has 0 saturated heterocycles. The first-order chi connectivity index (χ1) is 9.18. The lowest BCUT2D eigenvalue weighted by Crippen LogP contribution is -2.12. The molecule has 0 saturated carbocycles. The quantitative estimate of drug-likeness (QED) is 0.799. The van der Waals surface area contributed by atoms with Gasteiger partial charge < -0.3 is 0 Å². The lowest BCUT2D eigenvalue weighted by molar-refractivity contribution is 0.445. The predicted molar refractivity (Wildman–Crippen MR) is 81.2 cm³/mol. The molecule has 0 aromatic heterocycles. The molecule has 4 heteroatoms. The third-order valence-electron chi connectivity index (χ3n) is 3.42. The van der Waals surface area contributed by atoms with Gasteiger partial charge in [-0.25, -0.2) is 8.42 Å². The van der Waals surface area contributed by atoms with E-state index in [-0.39, 0.29) is 5.75 Å². The van der Waals surface area contributed by atoms with Crippen molar-refractivity contribution >= 4 is 9.84 Å². The van der Waals surface area contributed by atoms with Gasteiger partial charge in [-0.2, -0.15) is 5.26 Å². The normalized spacial score (nSPS) is 12.4. The van der Waals surface area contributed by atoms with Crippen LogP contribution in [-0.2, 0) is 9.84 Å². The Morgan fingerprint density at radius 3 is 2.20 bits per heavy atom. The largest absolute Gasteiger partial charge is 0.224 e. The van der Waals surface area contributed by atoms with Gasteiger partial charge in [0.1, 0.15) is 0 Å². The first kappa shape index (κ1) is 16.7. The fourth-order valence-electron chi connectivity index (χ4n) is 1.94. The van der Waals surface area contributed by atoms with Crippen molar-refractivity contribution in [1.29, 1.82) is 5.26 Å². The summed E-state index contributed by atoms with van der Waals surface area (Å²) >= 11 is 0. The molecule has 0 aliphatic heterocycles. The van der Waals surface area contributed by atoms with Crippen molar-refractivity contribution in [3.05, 3.63) is 29.8 Å². The molecule has 0 aliphatic carbocycles. The standard InChI is InChI=1S/C16H23NO2S/c1-13(2)14-6-8-15(9-7-14)20(18,19)11-5-10-16(3,4)12-17/h6-9,13H,5,10-11H2,1-4H3. The number of benzene rings is 1. The number of sulfone groups is 1. The second-order valence-corrected chi connectivity index (χ2v) is 8.25. The van der Waals surface area contributed by atoms with Gasteiger partial charge >= 0.3 is 0 Å². The molecule has 0 radical (unpaired) electrons. The third kappa shape index (κ3) is 4.64. The highest BCUT2D eigenvalue weighted by Crippen LogP contribution is 2.23. The average molecular weight is 293 g/mol. The van der Waals surface area contributed by atoms with Crippen LogP contribution in [0.3, 0.4) is 0 Å². The minimum absolute atomic E-state index is 0.0964. The molecular weight excluding hydrogens is 270 g/mol. The maximum atomic E-state index is 12.2. The fourth-order valence-corrected chi connectivity index (χ4v) is 3.25. The molecular formula is C16H23NO2S. The van der Waals surface area contributed by atoms with Crippen LogP contribution in [0.25, 0.3) is 0 Å². The molecule has 0 bridgehead atoms. The molecule has 1 aromatic rings. The summed E-state index contributed by atoms with van der Waals surface area (Å²) in [5.41, 5.74) is 0.673. The van der Waals surface area contributed by atoms with Crippen LogP contribution in [0.1, 0.15) is 52.0 Å². The van der Waals surface area contributed by atoms with Crippen LogP contribution < -0.4 is 0 Å². The molecule has 0 spiro atoms. The van der Waals surface area contributed by atoms with Gasteiger partial charge in [-0.3, -0.25) is 0 Å². The summed E-state index contributed by atoms with van der Waals surface area (Å²) in [5, 5.41) is 8.92. The van der Waals surface area contributed by atoms with Crippen LogP contribution in [-0.4, -0.2) is 14.2 Å². The Labute approximate surface area is 122 Å². The van der Waals surface area contributed by atoms with Crippen molar-refractivity contribution in [2.75, 3.05) is 5.75 Å². The molecule has 1 aromatic carbocycles. The number of hydrogen-bond acceptors (Lipinski definition) is 3. The van der Waals surface area contributed by atoms with Gasteiger partial charge in [0, 0.05) is 0 Å². The first-order valence-corrected chi connectivity index (χ1v) is 8.57. The Bertz CT molecular complexity index is 578. The van der Waals surface area contributed by atoms with Crippen molar-refractivity contribution in [1.82, 2.24) is 0 Å². The molecule has 0 amide bonds.